The number of nitro groups is 1. The monoisotopic (exact) mass is 233 g/mol. The molecule has 1 N–H and O–H groups in total. The van der Waals surface area contributed by atoms with Gasteiger partial charge in [0, 0.05) is 6.04 Å². The van der Waals surface area contributed by atoms with E-state index in [1.165, 1.54) is 6.07 Å². The average molecular weight is 233 g/mol. The third-order valence-electron chi connectivity index (χ3n) is 2.68. The third-order valence-corrected chi connectivity index (χ3v) is 2.68. The molecule has 0 saturated heterocycles. The van der Waals surface area contributed by atoms with Crippen LogP contribution in [0.5, 0.6) is 0 Å². The molecule has 0 bridgehead atoms. The van der Waals surface area contributed by atoms with Crippen molar-refractivity contribution in [2.45, 2.75) is 32.7 Å². The van der Waals surface area contributed by atoms with E-state index in [1.807, 2.05) is 19.9 Å². The lowest BCUT2D eigenvalue weighted by Gasteiger charge is -2.16. The van der Waals surface area contributed by atoms with E-state index in [2.05, 4.69) is 5.32 Å². The molecule has 0 aromatic heterocycles. The van der Waals surface area contributed by atoms with Crippen molar-refractivity contribution in [3.05, 3.63) is 33.9 Å². The lowest BCUT2D eigenvalue weighted by atomic mass is 10.1. The Morgan fingerprint density at radius 2 is 2.12 bits per heavy atom. The summed E-state index contributed by atoms with van der Waals surface area (Å²) in [5.74, 6) is 0. The van der Waals surface area contributed by atoms with Crippen LogP contribution in [0.2, 0.25) is 0 Å². The highest BCUT2D eigenvalue weighted by Crippen LogP contribution is 2.29. The second kappa shape index (κ2) is 5.85. The maximum Gasteiger partial charge on any atom is 0.309 e. The number of para-hydroxylation sites is 1. The number of nitriles is 1. The number of benzene rings is 1. The molecule has 0 atom stereocenters. The van der Waals surface area contributed by atoms with Gasteiger partial charge in [0.25, 0.3) is 0 Å². The van der Waals surface area contributed by atoms with E-state index < -0.39 is 4.92 Å². The van der Waals surface area contributed by atoms with Gasteiger partial charge in [-0.15, -0.1) is 0 Å². The Morgan fingerprint density at radius 1 is 1.47 bits per heavy atom. The second-order valence-corrected chi connectivity index (χ2v) is 3.73. The molecule has 0 saturated carbocycles. The first-order valence-electron chi connectivity index (χ1n) is 5.58. The van der Waals surface area contributed by atoms with Crippen LogP contribution in [0.25, 0.3) is 0 Å². The highest BCUT2D eigenvalue weighted by molar-refractivity contribution is 5.68. The maximum atomic E-state index is 11.0. The van der Waals surface area contributed by atoms with Gasteiger partial charge in [-0.05, 0) is 25.0 Å². The van der Waals surface area contributed by atoms with Gasteiger partial charge in [-0.1, -0.05) is 19.9 Å². The van der Waals surface area contributed by atoms with E-state index in [4.69, 9.17) is 5.26 Å². The van der Waals surface area contributed by atoms with E-state index in [-0.39, 0.29) is 17.3 Å². The molecule has 1 aromatic rings. The summed E-state index contributed by atoms with van der Waals surface area (Å²) in [5.41, 5.74) is 0.371. The van der Waals surface area contributed by atoms with Crippen LogP contribution in [0.4, 0.5) is 11.4 Å². The average Bonchev–Trinajstić information content (AvgIpc) is 2.34. The number of hydrogen-bond acceptors (Lipinski definition) is 4. The molecule has 0 aliphatic carbocycles. The molecule has 1 aromatic carbocycles. The van der Waals surface area contributed by atoms with Gasteiger partial charge in [-0.2, -0.15) is 5.26 Å². The van der Waals surface area contributed by atoms with Crippen molar-refractivity contribution in [1.29, 1.82) is 5.26 Å². The predicted octanol–water partition coefficient (Wildman–Crippen LogP) is 3.07. The minimum Gasteiger partial charge on any atom is -0.377 e. The Kier molecular flexibility index (Phi) is 4.46. The molecule has 90 valence electrons. The Morgan fingerprint density at radius 3 is 2.59 bits per heavy atom. The van der Waals surface area contributed by atoms with Crippen molar-refractivity contribution in [3.63, 3.8) is 0 Å². The highest BCUT2D eigenvalue weighted by Gasteiger charge is 2.20. The molecule has 5 nitrogen and oxygen atoms in total. The van der Waals surface area contributed by atoms with E-state index >= 15 is 0 Å². The Labute approximate surface area is 100 Å². The summed E-state index contributed by atoms with van der Waals surface area (Å²) in [6, 6.07) is 6.77. The molecule has 5 heteroatoms. The minimum absolute atomic E-state index is 0.0888. The summed E-state index contributed by atoms with van der Waals surface area (Å²) in [7, 11) is 0. The van der Waals surface area contributed by atoms with Crippen molar-refractivity contribution in [3.8, 4) is 6.07 Å². The van der Waals surface area contributed by atoms with Crippen LogP contribution < -0.4 is 5.32 Å². The van der Waals surface area contributed by atoms with Crippen LogP contribution >= 0.6 is 0 Å². The lowest BCUT2D eigenvalue weighted by Crippen LogP contribution is -2.18. The first kappa shape index (κ1) is 13.0. The van der Waals surface area contributed by atoms with E-state index in [0.29, 0.717) is 5.69 Å². The third kappa shape index (κ3) is 2.94. The molecule has 0 amide bonds. The smallest absolute Gasteiger partial charge is 0.309 e. The van der Waals surface area contributed by atoms with E-state index in [0.717, 1.165) is 12.8 Å². The van der Waals surface area contributed by atoms with Crippen LogP contribution in [-0.2, 0) is 0 Å². The number of nitrogens with zero attached hydrogens (tertiary/aromatic N) is 2. The number of hydrogen-bond donors (Lipinski definition) is 1. The van der Waals surface area contributed by atoms with Crippen molar-refractivity contribution < 1.29 is 4.92 Å². The standard InChI is InChI=1S/C12H15N3O2/c1-3-10(4-2)14-11-7-5-6-9(8-13)12(11)15(16)17/h5-7,10,14H,3-4H2,1-2H3. The molecule has 0 aliphatic heterocycles. The largest absolute Gasteiger partial charge is 0.377 e. The molecular formula is C12H15N3O2. The Hall–Kier alpha value is -2.09. The van der Waals surface area contributed by atoms with Gasteiger partial charge in [0.1, 0.15) is 17.3 Å². The molecule has 0 aliphatic rings. The zero-order valence-electron chi connectivity index (χ0n) is 9.93. The van der Waals surface area contributed by atoms with Crippen molar-refractivity contribution in [1.82, 2.24) is 0 Å². The van der Waals surface area contributed by atoms with Crippen molar-refractivity contribution >= 4 is 11.4 Å². The van der Waals surface area contributed by atoms with Gasteiger partial charge in [-0.3, -0.25) is 10.1 Å². The fourth-order valence-electron chi connectivity index (χ4n) is 1.66. The summed E-state index contributed by atoms with van der Waals surface area (Å²) >= 11 is 0. The van der Waals surface area contributed by atoms with Gasteiger partial charge in [0.05, 0.1) is 4.92 Å². The normalized spacial score (nSPS) is 10.0. The zero-order valence-corrected chi connectivity index (χ0v) is 9.93. The number of nitrogens with one attached hydrogen (secondary N) is 1. The molecular weight excluding hydrogens is 218 g/mol. The van der Waals surface area contributed by atoms with Gasteiger partial charge >= 0.3 is 5.69 Å². The van der Waals surface area contributed by atoms with Crippen LogP contribution in [0.1, 0.15) is 32.3 Å². The fraction of sp³-hybridized carbons (Fsp3) is 0.417. The molecule has 0 fully saturated rings. The lowest BCUT2D eigenvalue weighted by molar-refractivity contribution is -0.384. The topological polar surface area (TPSA) is 79.0 Å². The van der Waals surface area contributed by atoms with Gasteiger partial charge in [0.2, 0.25) is 0 Å². The first-order valence-corrected chi connectivity index (χ1v) is 5.58. The fourth-order valence-corrected chi connectivity index (χ4v) is 1.66. The number of anilines is 1. The van der Waals surface area contributed by atoms with Crippen molar-refractivity contribution in [2.24, 2.45) is 0 Å². The summed E-state index contributed by atoms with van der Waals surface area (Å²) in [5, 5.41) is 22.9. The first-order chi connectivity index (χ1) is 8.13. The second-order valence-electron chi connectivity index (χ2n) is 3.73. The summed E-state index contributed by atoms with van der Waals surface area (Å²) in [6.45, 7) is 4.03. The van der Waals surface area contributed by atoms with Crippen LogP contribution in [0, 0.1) is 21.4 Å². The molecule has 1 rings (SSSR count). The van der Waals surface area contributed by atoms with E-state index in [9.17, 15) is 10.1 Å². The van der Waals surface area contributed by atoms with Crippen LogP contribution in [-0.4, -0.2) is 11.0 Å². The van der Waals surface area contributed by atoms with Crippen LogP contribution in [0.15, 0.2) is 18.2 Å². The van der Waals surface area contributed by atoms with E-state index in [1.54, 1.807) is 12.1 Å². The molecule has 0 spiro atoms. The summed E-state index contributed by atoms with van der Waals surface area (Å²) in [4.78, 5) is 10.5. The summed E-state index contributed by atoms with van der Waals surface area (Å²) < 4.78 is 0. The molecule has 17 heavy (non-hydrogen) atoms. The Balaban J connectivity index is 3.15. The quantitative estimate of drug-likeness (QED) is 0.626. The zero-order chi connectivity index (χ0) is 12.8. The van der Waals surface area contributed by atoms with Gasteiger partial charge in [0.15, 0.2) is 0 Å². The molecule has 0 unspecified atom stereocenters. The minimum atomic E-state index is -0.511. The number of rotatable bonds is 5. The number of nitro benzene ring substituents is 1. The predicted molar refractivity (Wildman–Crippen MR) is 65.8 cm³/mol. The van der Waals surface area contributed by atoms with Gasteiger partial charge < -0.3 is 5.32 Å². The molecule has 0 heterocycles. The Bertz CT molecular complexity index is 448. The van der Waals surface area contributed by atoms with Gasteiger partial charge in [-0.25, -0.2) is 0 Å². The maximum absolute atomic E-state index is 11.0. The van der Waals surface area contributed by atoms with Crippen molar-refractivity contribution in [2.75, 3.05) is 5.32 Å². The SMILES string of the molecule is CCC(CC)Nc1cccc(C#N)c1[N+](=O)[O-]. The van der Waals surface area contributed by atoms with Crippen LogP contribution in [0.3, 0.4) is 0 Å². The summed E-state index contributed by atoms with van der Waals surface area (Å²) in [6.07, 6.45) is 1.76. The molecule has 0 radical (unpaired) electrons. The highest BCUT2D eigenvalue weighted by atomic mass is 16.6.